The first-order valence-corrected chi connectivity index (χ1v) is 10.00. The van der Waals surface area contributed by atoms with Crippen LogP contribution in [0.1, 0.15) is 51.0 Å². The number of likely N-dealkylation sites (N-methyl/N-ethyl adjacent to an activating group) is 1. The number of hydrogen-bond acceptors (Lipinski definition) is 7. The quantitative estimate of drug-likeness (QED) is 0.295. The number of aromatic nitrogens is 2. The molecule has 0 radical (unpaired) electrons. The highest BCUT2D eigenvalue weighted by Crippen LogP contribution is 2.27. The molecule has 1 aromatic heterocycles. The van der Waals surface area contributed by atoms with Gasteiger partial charge in [0.15, 0.2) is 0 Å². The second-order valence-corrected chi connectivity index (χ2v) is 6.93. The van der Waals surface area contributed by atoms with E-state index < -0.39 is 0 Å². The van der Waals surface area contributed by atoms with Crippen LogP contribution in [0.25, 0.3) is 5.70 Å². The van der Waals surface area contributed by atoms with Crippen molar-refractivity contribution >= 4 is 30.0 Å². The molecule has 28 heavy (non-hydrogen) atoms. The van der Waals surface area contributed by atoms with Gasteiger partial charge < -0.3 is 21.1 Å². The number of aliphatic imine (C=N–C) groups is 2. The van der Waals surface area contributed by atoms with Gasteiger partial charge >= 0.3 is 0 Å². The second kappa shape index (κ2) is 11.4. The fraction of sp³-hybridized carbons (Fsp3) is 0.600. The zero-order chi connectivity index (χ0) is 20.4. The summed E-state index contributed by atoms with van der Waals surface area (Å²) in [6, 6.07) is 0.259. The molecule has 0 amide bonds. The highest BCUT2D eigenvalue weighted by Gasteiger charge is 2.21. The van der Waals surface area contributed by atoms with Gasteiger partial charge in [-0.1, -0.05) is 13.3 Å². The summed E-state index contributed by atoms with van der Waals surface area (Å²) >= 11 is 0. The van der Waals surface area contributed by atoms with Crippen molar-refractivity contribution in [3.63, 3.8) is 0 Å². The molecule has 154 valence electrons. The van der Waals surface area contributed by atoms with Crippen molar-refractivity contribution in [3.05, 3.63) is 17.8 Å². The van der Waals surface area contributed by atoms with Gasteiger partial charge in [-0.3, -0.25) is 9.98 Å². The predicted molar refractivity (Wildman–Crippen MR) is 117 cm³/mol. The van der Waals surface area contributed by atoms with E-state index in [9.17, 15) is 5.11 Å². The molecule has 0 saturated heterocycles. The summed E-state index contributed by atoms with van der Waals surface area (Å²) in [7, 11) is 3.52. The van der Waals surface area contributed by atoms with Crippen LogP contribution in [0.3, 0.4) is 0 Å². The number of amidine groups is 1. The van der Waals surface area contributed by atoms with Crippen molar-refractivity contribution in [1.29, 1.82) is 0 Å². The fourth-order valence-electron chi connectivity index (χ4n) is 3.14. The molecule has 0 atom stereocenters. The van der Waals surface area contributed by atoms with E-state index in [1.807, 2.05) is 13.1 Å². The molecule has 1 aliphatic carbocycles. The van der Waals surface area contributed by atoms with Gasteiger partial charge in [0.1, 0.15) is 11.7 Å². The maximum atomic E-state index is 9.78. The van der Waals surface area contributed by atoms with Gasteiger partial charge in [0.05, 0.1) is 17.4 Å². The minimum absolute atomic E-state index is 0.196. The van der Waals surface area contributed by atoms with E-state index in [2.05, 4.69) is 44.6 Å². The number of rotatable bonds is 9. The molecule has 8 nitrogen and oxygen atoms in total. The van der Waals surface area contributed by atoms with Crippen LogP contribution in [-0.2, 0) is 0 Å². The van der Waals surface area contributed by atoms with Crippen molar-refractivity contribution in [2.75, 3.05) is 31.3 Å². The number of hydrogen-bond donors (Lipinski definition) is 4. The Morgan fingerprint density at radius 3 is 2.71 bits per heavy atom. The van der Waals surface area contributed by atoms with Crippen molar-refractivity contribution < 1.29 is 5.11 Å². The SMILES string of the molecule is C=N/C(=C\C(=NC)NC)c1cnc(NCCCC)nc1NC1CCC(O)CC1. The molecule has 0 unspecified atom stereocenters. The standard InChI is InChI=1S/C20H33N7O/c1-5-6-11-24-20-25-13-16(17(21-2)12-18(22-3)23-4)19(27-20)26-14-7-9-15(28)10-8-14/h12-15,28H,2,5-11H2,1,3-4H3,(H,22,23)(H2,24,25,26,27)/b17-12-. The van der Waals surface area contributed by atoms with E-state index in [1.165, 1.54) is 0 Å². The van der Waals surface area contributed by atoms with Crippen molar-refractivity contribution in [3.8, 4) is 0 Å². The van der Waals surface area contributed by atoms with Crippen molar-refractivity contribution in [2.24, 2.45) is 9.98 Å². The lowest BCUT2D eigenvalue weighted by Crippen LogP contribution is -2.29. The Kier molecular flexibility index (Phi) is 8.87. The first-order valence-electron chi connectivity index (χ1n) is 10.00. The topological polar surface area (TPSA) is 107 Å². The second-order valence-electron chi connectivity index (χ2n) is 6.93. The van der Waals surface area contributed by atoms with Crippen molar-refractivity contribution in [2.45, 2.75) is 57.6 Å². The molecule has 8 heteroatoms. The number of anilines is 2. The Bertz CT molecular complexity index is 694. The van der Waals surface area contributed by atoms with E-state index >= 15 is 0 Å². The van der Waals surface area contributed by atoms with Gasteiger partial charge in [-0.25, -0.2) is 4.98 Å². The predicted octanol–water partition coefficient (Wildman–Crippen LogP) is 2.69. The van der Waals surface area contributed by atoms with Gasteiger partial charge in [-0.15, -0.1) is 0 Å². The van der Waals surface area contributed by atoms with Crippen LogP contribution in [0.4, 0.5) is 11.8 Å². The molecular formula is C20H33N7O. The lowest BCUT2D eigenvalue weighted by molar-refractivity contribution is 0.126. The Labute approximate surface area is 167 Å². The van der Waals surface area contributed by atoms with Crippen LogP contribution < -0.4 is 16.0 Å². The summed E-state index contributed by atoms with van der Waals surface area (Å²) in [6.07, 6.45) is 8.98. The van der Waals surface area contributed by atoms with E-state index in [-0.39, 0.29) is 12.1 Å². The lowest BCUT2D eigenvalue weighted by Gasteiger charge is -2.27. The van der Waals surface area contributed by atoms with E-state index in [0.717, 1.165) is 56.5 Å². The average molecular weight is 388 g/mol. The molecule has 1 aliphatic rings. The van der Waals surface area contributed by atoms with Crippen LogP contribution in [0.5, 0.6) is 0 Å². The molecule has 1 fully saturated rings. The molecule has 1 heterocycles. The van der Waals surface area contributed by atoms with E-state index in [0.29, 0.717) is 17.5 Å². The van der Waals surface area contributed by atoms with E-state index in [1.54, 1.807) is 13.2 Å². The normalized spacial score (nSPS) is 20.6. The summed E-state index contributed by atoms with van der Waals surface area (Å²) in [5.74, 6) is 2.01. The maximum absolute atomic E-state index is 9.78. The van der Waals surface area contributed by atoms with Crippen LogP contribution in [0.15, 0.2) is 22.3 Å². The minimum Gasteiger partial charge on any atom is -0.393 e. The smallest absolute Gasteiger partial charge is 0.224 e. The number of aliphatic hydroxyl groups is 1. The van der Waals surface area contributed by atoms with Crippen LogP contribution in [-0.4, -0.2) is 60.4 Å². The molecule has 2 rings (SSSR count). The number of nitrogens with zero attached hydrogens (tertiary/aromatic N) is 4. The summed E-state index contributed by atoms with van der Waals surface area (Å²) < 4.78 is 0. The Morgan fingerprint density at radius 1 is 1.36 bits per heavy atom. The fourth-order valence-corrected chi connectivity index (χ4v) is 3.14. The van der Waals surface area contributed by atoms with Gasteiger partial charge in [0.25, 0.3) is 0 Å². The van der Waals surface area contributed by atoms with Gasteiger partial charge in [-0.2, -0.15) is 4.98 Å². The molecule has 0 aliphatic heterocycles. The molecule has 1 saturated carbocycles. The number of nitrogens with one attached hydrogen (secondary N) is 3. The molecule has 1 aromatic rings. The summed E-state index contributed by atoms with van der Waals surface area (Å²) in [5, 5.41) is 19.6. The number of unbranched alkanes of at least 4 members (excludes halogenated alkanes) is 1. The Hall–Kier alpha value is -2.48. The molecule has 0 bridgehead atoms. The summed E-state index contributed by atoms with van der Waals surface area (Å²) in [6.45, 7) is 6.69. The average Bonchev–Trinajstić information content (AvgIpc) is 2.72. The molecule has 4 N–H and O–H groups in total. The van der Waals surface area contributed by atoms with E-state index in [4.69, 9.17) is 4.98 Å². The third-order valence-electron chi connectivity index (χ3n) is 4.86. The van der Waals surface area contributed by atoms with Crippen LogP contribution in [0.2, 0.25) is 0 Å². The number of aliphatic hydroxyl groups excluding tert-OH is 1. The highest BCUT2D eigenvalue weighted by atomic mass is 16.3. The first-order chi connectivity index (χ1) is 13.6. The zero-order valence-electron chi connectivity index (χ0n) is 17.2. The molecular weight excluding hydrogens is 354 g/mol. The van der Waals surface area contributed by atoms with Crippen LogP contribution >= 0.6 is 0 Å². The zero-order valence-corrected chi connectivity index (χ0v) is 17.2. The Morgan fingerprint density at radius 2 is 2.11 bits per heavy atom. The first kappa shape index (κ1) is 21.8. The maximum Gasteiger partial charge on any atom is 0.224 e. The summed E-state index contributed by atoms with van der Waals surface area (Å²) in [5.41, 5.74) is 1.42. The highest BCUT2D eigenvalue weighted by molar-refractivity contribution is 6.00. The van der Waals surface area contributed by atoms with Gasteiger partial charge in [0.2, 0.25) is 5.95 Å². The molecule has 0 spiro atoms. The third-order valence-corrected chi connectivity index (χ3v) is 4.86. The van der Waals surface area contributed by atoms with Gasteiger partial charge in [-0.05, 0) is 38.8 Å². The van der Waals surface area contributed by atoms with Gasteiger partial charge in [0, 0.05) is 39.0 Å². The van der Waals surface area contributed by atoms with Crippen LogP contribution in [0, 0.1) is 0 Å². The Balaban J connectivity index is 2.32. The largest absolute Gasteiger partial charge is 0.393 e. The lowest BCUT2D eigenvalue weighted by atomic mass is 9.93. The third kappa shape index (κ3) is 6.30. The minimum atomic E-state index is -0.196. The molecule has 0 aromatic carbocycles. The van der Waals surface area contributed by atoms with Crippen molar-refractivity contribution in [1.82, 2.24) is 15.3 Å². The summed E-state index contributed by atoms with van der Waals surface area (Å²) in [4.78, 5) is 17.5. The monoisotopic (exact) mass is 387 g/mol.